The van der Waals surface area contributed by atoms with E-state index in [0.29, 0.717) is 23.9 Å². The van der Waals surface area contributed by atoms with Gasteiger partial charge in [0.1, 0.15) is 12.4 Å². The number of cyclic esters (lactones) is 1. The molecule has 2 rings (SSSR count). The fourth-order valence-corrected chi connectivity index (χ4v) is 1.75. The number of amides is 1. The van der Waals surface area contributed by atoms with Gasteiger partial charge in [-0.2, -0.15) is 0 Å². The molecule has 1 aromatic rings. The molecule has 0 aliphatic carbocycles. The Morgan fingerprint density at radius 1 is 1.50 bits per heavy atom. The summed E-state index contributed by atoms with van der Waals surface area (Å²) in [5, 5.41) is 0.648. The molecule has 1 heterocycles. The Morgan fingerprint density at radius 3 is 2.89 bits per heavy atom. The van der Waals surface area contributed by atoms with Crippen molar-refractivity contribution < 1.29 is 14.3 Å². The molecule has 5 heteroatoms. The van der Waals surface area contributed by atoms with Crippen LogP contribution in [0.1, 0.15) is 0 Å². The highest BCUT2D eigenvalue weighted by Crippen LogP contribution is 2.17. The summed E-state index contributed by atoms with van der Waals surface area (Å²) in [6.07, 6.45) is 4.47. The Labute approximate surface area is 110 Å². The van der Waals surface area contributed by atoms with Crippen LogP contribution in [-0.2, 0) is 4.74 Å². The second kappa shape index (κ2) is 5.65. The number of ether oxygens (including phenoxy) is 2. The van der Waals surface area contributed by atoms with Crippen molar-refractivity contribution in [2.45, 2.75) is 6.10 Å². The number of hydrogen-bond acceptors (Lipinski definition) is 3. The number of benzene rings is 1. The van der Waals surface area contributed by atoms with E-state index in [2.05, 4.69) is 5.92 Å². The van der Waals surface area contributed by atoms with Crippen LogP contribution in [0.3, 0.4) is 0 Å². The van der Waals surface area contributed by atoms with Crippen molar-refractivity contribution in [1.82, 2.24) is 4.90 Å². The van der Waals surface area contributed by atoms with Gasteiger partial charge in [-0.3, -0.25) is 4.90 Å². The van der Waals surface area contributed by atoms with E-state index in [1.807, 2.05) is 0 Å². The number of rotatable bonds is 4. The van der Waals surface area contributed by atoms with E-state index in [0.717, 1.165) is 0 Å². The molecule has 1 aliphatic rings. The number of terminal acetylenes is 1. The molecule has 1 amide bonds. The minimum absolute atomic E-state index is 0.260. The van der Waals surface area contributed by atoms with E-state index in [-0.39, 0.29) is 12.6 Å². The Kier molecular flexibility index (Phi) is 3.96. The topological polar surface area (TPSA) is 38.8 Å². The normalized spacial score (nSPS) is 18.3. The Morgan fingerprint density at radius 2 is 2.22 bits per heavy atom. The molecule has 4 nitrogen and oxygen atoms in total. The van der Waals surface area contributed by atoms with E-state index in [4.69, 9.17) is 27.5 Å². The van der Waals surface area contributed by atoms with Crippen LogP contribution in [0, 0.1) is 12.3 Å². The monoisotopic (exact) mass is 265 g/mol. The summed E-state index contributed by atoms with van der Waals surface area (Å²) in [5.74, 6) is 3.10. The molecule has 1 aliphatic heterocycles. The maximum absolute atomic E-state index is 11.4. The van der Waals surface area contributed by atoms with Crippen LogP contribution in [-0.4, -0.2) is 36.8 Å². The summed E-state index contributed by atoms with van der Waals surface area (Å²) in [5.41, 5.74) is 0. The summed E-state index contributed by atoms with van der Waals surface area (Å²) in [6.45, 7) is 1.02. The first-order valence-corrected chi connectivity index (χ1v) is 5.84. The van der Waals surface area contributed by atoms with E-state index in [1.165, 1.54) is 4.90 Å². The minimum atomic E-state index is -0.391. The molecule has 0 radical (unpaired) electrons. The second-order valence-corrected chi connectivity index (χ2v) is 4.29. The summed E-state index contributed by atoms with van der Waals surface area (Å²) >= 11 is 5.76. The molecular weight excluding hydrogens is 254 g/mol. The first-order valence-electron chi connectivity index (χ1n) is 5.46. The molecule has 1 aromatic carbocycles. The van der Waals surface area contributed by atoms with E-state index < -0.39 is 6.09 Å². The molecule has 1 fully saturated rings. The van der Waals surface area contributed by atoms with Crippen LogP contribution in [0.2, 0.25) is 5.02 Å². The Balaban J connectivity index is 1.83. The summed E-state index contributed by atoms with van der Waals surface area (Å²) in [4.78, 5) is 12.8. The highest BCUT2D eigenvalue weighted by Gasteiger charge is 2.30. The van der Waals surface area contributed by atoms with Crippen molar-refractivity contribution in [3.8, 4) is 18.1 Å². The van der Waals surface area contributed by atoms with Crippen LogP contribution in [0.5, 0.6) is 5.75 Å². The van der Waals surface area contributed by atoms with Gasteiger partial charge in [-0.25, -0.2) is 4.79 Å². The number of carbonyl (C=O) groups excluding carboxylic acids is 1. The number of hydrogen-bond donors (Lipinski definition) is 0. The fraction of sp³-hybridized carbons (Fsp3) is 0.308. The molecule has 0 bridgehead atoms. The largest absolute Gasteiger partial charge is 0.490 e. The highest BCUT2D eigenvalue weighted by atomic mass is 35.5. The average molecular weight is 266 g/mol. The zero-order valence-corrected chi connectivity index (χ0v) is 10.4. The van der Waals surface area contributed by atoms with E-state index in [9.17, 15) is 4.79 Å². The molecule has 1 unspecified atom stereocenters. The lowest BCUT2D eigenvalue weighted by Gasteiger charge is -2.10. The number of halogens is 1. The third-order valence-electron chi connectivity index (χ3n) is 2.48. The van der Waals surface area contributed by atoms with Gasteiger partial charge in [0.05, 0.1) is 13.1 Å². The fourth-order valence-electron chi connectivity index (χ4n) is 1.62. The minimum Gasteiger partial charge on any atom is -0.490 e. The quantitative estimate of drug-likeness (QED) is 0.783. The second-order valence-electron chi connectivity index (χ2n) is 3.86. The third kappa shape index (κ3) is 3.08. The van der Waals surface area contributed by atoms with Crippen LogP contribution in [0.15, 0.2) is 24.3 Å². The molecule has 0 N–H and O–H groups in total. The molecule has 0 aromatic heterocycles. The zero-order chi connectivity index (χ0) is 13.0. The lowest BCUT2D eigenvalue weighted by atomic mass is 10.3. The molecule has 1 saturated heterocycles. The van der Waals surface area contributed by atoms with Crippen molar-refractivity contribution in [3.05, 3.63) is 29.3 Å². The molecule has 1 atom stereocenters. The average Bonchev–Trinajstić information content (AvgIpc) is 2.70. The van der Waals surface area contributed by atoms with Crippen molar-refractivity contribution in [2.75, 3.05) is 19.7 Å². The zero-order valence-electron chi connectivity index (χ0n) is 9.64. The first kappa shape index (κ1) is 12.6. The van der Waals surface area contributed by atoms with Gasteiger partial charge >= 0.3 is 6.09 Å². The molecule has 18 heavy (non-hydrogen) atoms. The lowest BCUT2D eigenvalue weighted by molar-refractivity contribution is 0.103. The first-order chi connectivity index (χ1) is 8.69. The van der Waals surface area contributed by atoms with Gasteiger partial charge in [0.15, 0.2) is 6.10 Å². The van der Waals surface area contributed by atoms with Gasteiger partial charge in [-0.1, -0.05) is 17.5 Å². The van der Waals surface area contributed by atoms with Crippen molar-refractivity contribution >= 4 is 17.7 Å². The summed E-state index contributed by atoms with van der Waals surface area (Å²) in [6, 6.07) is 7.00. The lowest BCUT2D eigenvalue weighted by Crippen LogP contribution is -2.27. The van der Waals surface area contributed by atoms with Gasteiger partial charge in [-0.15, -0.1) is 6.42 Å². The SMILES string of the molecule is C#CCN1CC(COc2ccc(Cl)cc2)OC1=O. The van der Waals surface area contributed by atoms with Crippen LogP contribution < -0.4 is 4.74 Å². The van der Waals surface area contributed by atoms with Crippen molar-refractivity contribution in [3.63, 3.8) is 0 Å². The third-order valence-corrected chi connectivity index (χ3v) is 2.73. The van der Waals surface area contributed by atoms with E-state index >= 15 is 0 Å². The van der Waals surface area contributed by atoms with Gasteiger partial charge in [-0.05, 0) is 24.3 Å². The number of nitrogens with zero attached hydrogens (tertiary/aromatic N) is 1. The smallest absolute Gasteiger partial charge is 0.411 e. The van der Waals surface area contributed by atoms with Crippen LogP contribution >= 0.6 is 11.6 Å². The van der Waals surface area contributed by atoms with Crippen LogP contribution in [0.25, 0.3) is 0 Å². The molecule has 0 saturated carbocycles. The Bertz CT molecular complexity index is 466. The highest BCUT2D eigenvalue weighted by molar-refractivity contribution is 6.30. The summed E-state index contributed by atoms with van der Waals surface area (Å²) < 4.78 is 10.6. The van der Waals surface area contributed by atoms with Gasteiger partial charge in [0.2, 0.25) is 0 Å². The van der Waals surface area contributed by atoms with Crippen molar-refractivity contribution in [1.29, 1.82) is 0 Å². The molecular formula is C13H12ClNO3. The maximum atomic E-state index is 11.4. The van der Waals surface area contributed by atoms with Gasteiger partial charge in [0.25, 0.3) is 0 Å². The van der Waals surface area contributed by atoms with Crippen molar-refractivity contribution in [2.24, 2.45) is 0 Å². The predicted molar refractivity (Wildman–Crippen MR) is 67.6 cm³/mol. The standard InChI is InChI=1S/C13H12ClNO3/c1-2-7-15-8-12(18-13(15)16)9-17-11-5-3-10(14)4-6-11/h1,3-6,12H,7-9H2. The maximum Gasteiger partial charge on any atom is 0.411 e. The molecule has 0 spiro atoms. The van der Waals surface area contributed by atoms with E-state index in [1.54, 1.807) is 24.3 Å². The Hall–Kier alpha value is -1.86. The predicted octanol–water partition coefficient (Wildman–Crippen LogP) is 2.17. The van der Waals surface area contributed by atoms with Crippen LogP contribution in [0.4, 0.5) is 4.79 Å². The van der Waals surface area contributed by atoms with Gasteiger partial charge < -0.3 is 9.47 Å². The summed E-state index contributed by atoms with van der Waals surface area (Å²) in [7, 11) is 0. The molecule has 94 valence electrons. The number of carbonyl (C=O) groups is 1. The van der Waals surface area contributed by atoms with Gasteiger partial charge in [0, 0.05) is 5.02 Å².